The number of pyridine rings is 1. The number of aryl methyl sites for hydroxylation is 1. The van der Waals surface area contributed by atoms with Crippen LogP contribution in [-0.4, -0.2) is 30.9 Å². The van der Waals surface area contributed by atoms with E-state index < -0.39 is 19.8 Å². The second-order valence-corrected chi connectivity index (χ2v) is 8.15. The van der Waals surface area contributed by atoms with E-state index in [1.54, 1.807) is 29.8 Å². The molecule has 156 valence electrons. The molecule has 0 radical (unpaired) electrons. The number of carbonyl (C=O) groups is 2. The number of ether oxygens (including phenoxy) is 1. The number of hydrogen-bond acceptors (Lipinski definition) is 5. The van der Waals surface area contributed by atoms with E-state index in [4.69, 9.17) is 9.26 Å². The summed E-state index contributed by atoms with van der Waals surface area (Å²) < 4.78 is 24.9. The smallest absolute Gasteiger partial charge is 0.305 e. The highest BCUT2D eigenvalue weighted by atomic mass is 31.1. The summed E-state index contributed by atoms with van der Waals surface area (Å²) in [7, 11) is -0.806. The molecule has 1 aromatic heterocycles. The normalized spacial score (nSPS) is 12.8. The summed E-state index contributed by atoms with van der Waals surface area (Å²) in [6, 6.07) is 13.2. The van der Waals surface area contributed by atoms with Crippen LogP contribution in [0.15, 0.2) is 54.9 Å². The topological polar surface area (TPSA) is 85.6 Å². The van der Waals surface area contributed by atoms with E-state index in [2.05, 4.69) is 5.32 Å². The molecule has 1 amide bonds. The van der Waals surface area contributed by atoms with Gasteiger partial charge < -0.3 is 14.6 Å². The van der Waals surface area contributed by atoms with Crippen LogP contribution in [0.25, 0.3) is 0 Å². The highest BCUT2D eigenvalue weighted by Crippen LogP contribution is 2.31. The summed E-state index contributed by atoms with van der Waals surface area (Å²) in [5, 5.41) is 2.75. The zero-order valence-electron chi connectivity index (χ0n) is 16.8. The van der Waals surface area contributed by atoms with Crippen molar-refractivity contribution >= 4 is 19.9 Å². The molecule has 1 N–H and O–H groups in total. The van der Waals surface area contributed by atoms with Gasteiger partial charge >= 0.3 is 5.97 Å². The van der Waals surface area contributed by atoms with Gasteiger partial charge in [-0.05, 0) is 31.4 Å². The second kappa shape index (κ2) is 12.1. The standard InChI is InChI=1S/C21H27N2O5P/c1-3-27-20(24)12-11-19(22-21(25)18-10-7-14-23(2)16-18)29(26)28-15-13-17-8-5-4-6-9-17/h4-10,14,16,19,29H,3,11-13,15H2,1-2H3/p+1. The minimum Gasteiger partial charge on any atom is -0.466 e. The molecule has 0 saturated heterocycles. The maximum atomic E-state index is 12.7. The number of rotatable bonds is 11. The van der Waals surface area contributed by atoms with E-state index in [0.29, 0.717) is 12.0 Å². The Hall–Kier alpha value is -2.50. The zero-order chi connectivity index (χ0) is 21.1. The molecule has 2 atom stereocenters. The number of aromatic nitrogens is 1. The predicted molar refractivity (Wildman–Crippen MR) is 110 cm³/mol. The van der Waals surface area contributed by atoms with Crippen LogP contribution in [0.2, 0.25) is 0 Å². The van der Waals surface area contributed by atoms with Crippen molar-refractivity contribution in [3.8, 4) is 0 Å². The number of benzene rings is 1. The van der Waals surface area contributed by atoms with Crippen LogP contribution >= 0.6 is 8.03 Å². The molecule has 0 saturated carbocycles. The number of amides is 1. The molecule has 7 nitrogen and oxygen atoms in total. The molecule has 0 bridgehead atoms. The Morgan fingerprint density at radius 3 is 2.62 bits per heavy atom. The van der Waals surface area contributed by atoms with Crippen LogP contribution in [0.4, 0.5) is 0 Å². The Labute approximate surface area is 171 Å². The first-order valence-electron chi connectivity index (χ1n) is 9.62. The van der Waals surface area contributed by atoms with Crippen molar-refractivity contribution < 1.29 is 28.0 Å². The van der Waals surface area contributed by atoms with Crippen LogP contribution in [0.1, 0.15) is 35.7 Å². The maximum Gasteiger partial charge on any atom is 0.305 e. The van der Waals surface area contributed by atoms with Crippen molar-refractivity contribution in [3.63, 3.8) is 0 Å². The second-order valence-electron chi connectivity index (χ2n) is 6.53. The summed E-state index contributed by atoms with van der Waals surface area (Å²) in [5.41, 5.74) is 1.52. The van der Waals surface area contributed by atoms with Crippen LogP contribution in [0.5, 0.6) is 0 Å². The van der Waals surface area contributed by atoms with Crippen LogP contribution in [0, 0.1) is 0 Å². The fourth-order valence-corrected chi connectivity index (χ4v) is 3.86. The van der Waals surface area contributed by atoms with Gasteiger partial charge in [-0.2, -0.15) is 0 Å². The molecule has 29 heavy (non-hydrogen) atoms. The van der Waals surface area contributed by atoms with Gasteiger partial charge in [-0.1, -0.05) is 30.3 Å². The van der Waals surface area contributed by atoms with Crippen molar-refractivity contribution in [2.24, 2.45) is 7.05 Å². The number of hydrogen-bond donors (Lipinski definition) is 1. The van der Waals surface area contributed by atoms with Gasteiger partial charge in [0.25, 0.3) is 5.91 Å². The highest BCUT2D eigenvalue weighted by Gasteiger charge is 2.23. The van der Waals surface area contributed by atoms with Gasteiger partial charge in [0.05, 0.1) is 13.2 Å². The Kier molecular flexibility index (Phi) is 9.54. The van der Waals surface area contributed by atoms with Crippen LogP contribution in [0.3, 0.4) is 0 Å². The van der Waals surface area contributed by atoms with Gasteiger partial charge in [-0.3, -0.25) is 14.2 Å². The molecule has 0 fully saturated rings. The summed E-state index contributed by atoms with van der Waals surface area (Å²) in [6.45, 7) is 2.27. The first kappa shape index (κ1) is 22.8. The average molecular weight is 419 g/mol. The Morgan fingerprint density at radius 1 is 1.17 bits per heavy atom. The minimum atomic E-state index is -2.62. The molecule has 0 aliphatic rings. The van der Waals surface area contributed by atoms with E-state index in [1.165, 1.54) is 0 Å². The first-order chi connectivity index (χ1) is 14.0. The molecule has 0 spiro atoms. The SMILES string of the molecule is CCOC(=O)CCC(NC(=O)c1ccc[n+](C)c1)[PH](=O)OCCc1ccccc1. The Morgan fingerprint density at radius 2 is 1.93 bits per heavy atom. The van der Waals surface area contributed by atoms with Crippen molar-refractivity contribution in [2.75, 3.05) is 13.2 Å². The molecule has 1 heterocycles. The van der Waals surface area contributed by atoms with Gasteiger partial charge in [0.15, 0.2) is 12.4 Å². The van der Waals surface area contributed by atoms with Gasteiger partial charge in [0.1, 0.15) is 18.4 Å². The molecule has 1 aromatic carbocycles. The van der Waals surface area contributed by atoms with Crippen molar-refractivity contribution in [1.29, 1.82) is 0 Å². The number of nitrogens with one attached hydrogen (secondary N) is 1. The Bertz CT molecular complexity index is 829. The first-order valence-corrected chi connectivity index (χ1v) is 11.0. The third-order valence-corrected chi connectivity index (χ3v) is 5.70. The van der Waals surface area contributed by atoms with Crippen molar-refractivity contribution in [1.82, 2.24) is 5.32 Å². The third-order valence-electron chi connectivity index (χ3n) is 4.21. The number of carbonyl (C=O) groups excluding carboxylic acids is 2. The maximum absolute atomic E-state index is 12.7. The quantitative estimate of drug-likeness (QED) is 0.344. The fraction of sp³-hybridized carbons (Fsp3) is 0.381. The number of esters is 1. The van der Waals surface area contributed by atoms with E-state index in [1.807, 2.05) is 43.6 Å². The number of nitrogens with zero attached hydrogens (tertiary/aromatic N) is 1. The van der Waals surface area contributed by atoms with E-state index in [0.717, 1.165) is 5.56 Å². The lowest BCUT2D eigenvalue weighted by atomic mass is 10.2. The zero-order valence-corrected chi connectivity index (χ0v) is 17.8. The average Bonchev–Trinajstić information content (AvgIpc) is 2.71. The van der Waals surface area contributed by atoms with Crippen molar-refractivity contribution in [3.05, 3.63) is 66.0 Å². The molecular weight excluding hydrogens is 391 g/mol. The monoisotopic (exact) mass is 419 g/mol. The van der Waals surface area contributed by atoms with Gasteiger partial charge in [-0.25, -0.2) is 4.57 Å². The lowest BCUT2D eigenvalue weighted by Gasteiger charge is -2.18. The predicted octanol–water partition coefficient (Wildman–Crippen LogP) is 2.64. The molecule has 0 aliphatic carbocycles. The molecule has 0 aliphatic heterocycles. The fourth-order valence-electron chi connectivity index (χ4n) is 2.72. The van der Waals surface area contributed by atoms with Gasteiger partial charge in [-0.15, -0.1) is 0 Å². The largest absolute Gasteiger partial charge is 0.466 e. The molecule has 2 rings (SSSR count). The van der Waals surface area contributed by atoms with E-state index >= 15 is 0 Å². The van der Waals surface area contributed by atoms with E-state index in [-0.39, 0.29) is 32.0 Å². The van der Waals surface area contributed by atoms with Crippen molar-refractivity contribution in [2.45, 2.75) is 32.0 Å². The Balaban J connectivity index is 1.97. The summed E-state index contributed by atoms with van der Waals surface area (Å²) in [4.78, 5) is 24.3. The summed E-state index contributed by atoms with van der Waals surface area (Å²) in [6.07, 6.45) is 4.34. The van der Waals surface area contributed by atoms with Crippen LogP contribution < -0.4 is 9.88 Å². The molecule has 8 heteroatoms. The summed E-state index contributed by atoms with van der Waals surface area (Å²) in [5.74, 6) is -1.50. The summed E-state index contributed by atoms with van der Waals surface area (Å²) >= 11 is 0. The van der Waals surface area contributed by atoms with Crippen LogP contribution in [-0.2, 0) is 32.1 Å². The van der Waals surface area contributed by atoms with Gasteiger partial charge in [0, 0.05) is 12.5 Å². The minimum absolute atomic E-state index is 0.0554. The highest BCUT2D eigenvalue weighted by molar-refractivity contribution is 7.40. The molecule has 2 unspecified atom stereocenters. The van der Waals surface area contributed by atoms with E-state index in [9.17, 15) is 14.2 Å². The lowest BCUT2D eigenvalue weighted by Crippen LogP contribution is -2.36. The lowest BCUT2D eigenvalue weighted by molar-refractivity contribution is -0.671. The molecule has 2 aromatic rings. The van der Waals surface area contributed by atoms with Gasteiger partial charge in [0.2, 0.25) is 8.03 Å². The third kappa shape index (κ3) is 8.18. The molecular formula is C21H28N2O5P+.